The molecule has 0 spiro atoms. The molecule has 124 valence electrons. The molecule has 1 saturated heterocycles. The number of para-hydroxylation sites is 1. The Kier molecular flexibility index (Phi) is 4.17. The molecule has 0 bridgehead atoms. The van der Waals surface area contributed by atoms with E-state index in [-0.39, 0.29) is 0 Å². The Balaban J connectivity index is 1.49. The molecule has 0 N–H and O–H groups in total. The number of nitrogens with zero attached hydrogens (tertiary/aromatic N) is 3. The van der Waals surface area contributed by atoms with Gasteiger partial charge in [-0.1, -0.05) is 18.2 Å². The normalized spacial score (nSPS) is 16.0. The van der Waals surface area contributed by atoms with Gasteiger partial charge in [0, 0.05) is 37.5 Å². The van der Waals surface area contributed by atoms with Crippen LogP contribution < -0.4 is 4.90 Å². The van der Waals surface area contributed by atoms with Gasteiger partial charge in [0.2, 0.25) is 5.95 Å². The van der Waals surface area contributed by atoms with Gasteiger partial charge in [0.1, 0.15) is 11.3 Å². The smallest absolute Gasteiger partial charge is 0.225 e. The highest BCUT2D eigenvalue weighted by atomic mass is 16.5. The highest BCUT2D eigenvalue weighted by molar-refractivity contribution is 5.82. The predicted molar refractivity (Wildman–Crippen MR) is 94.1 cm³/mol. The van der Waals surface area contributed by atoms with Gasteiger partial charge in [-0.2, -0.15) is 0 Å². The van der Waals surface area contributed by atoms with Gasteiger partial charge >= 0.3 is 0 Å². The molecule has 0 amide bonds. The van der Waals surface area contributed by atoms with E-state index in [9.17, 15) is 0 Å². The molecule has 0 unspecified atom stereocenters. The van der Waals surface area contributed by atoms with E-state index in [2.05, 4.69) is 14.9 Å². The van der Waals surface area contributed by atoms with Gasteiger partial charge in [-0.05, 0) is 31.9 Å². The number of aromatic nitrogens is 2. The lowest BCUT2D eigenvalue weighted by Gasteiger charge is -2.31. The summed E-state index contributed by atoms with van der Waals surface area (Å²) in [5.41, 5.74) is 1.79. The molecule has 4 rings (SSSR count). The van der Waals surface area contributed by atoms with Crippen molar-refractivity contribution in [3.63, 3.8) is 0 Å². The number of anilines is 1. The van der Waals surface area contributed by atoms with Crippen molar-refractivity contribution in [3.8, 4) is 11.3 Å². The summed E-state index contributed by atoms with van der Waals surface area (Å²) in [7, 11) is 0. The Morgan fingerprint density at radius 2 is 1.92 bits per heavy atom. The molecule has 1 aliphatic rings. The zero-order valence-electron chi connectivity index (χ0n) is 13.8. The zero-order valence-corrected chi connectivity index (χ0v) is 13.8. The first-order valence-electron chi connectivity index (χ1n) is 8.51. The van der Waals surface area contributed by atoms with E-state index in [0.717, 1.165) is 60.8 Å². The van der Waals surface area contributed by atoms with Crippen molar-refractivity contribution in [1.82, 2.24) is 9.97 Å². The van der Waals surface area contributed by atoms with Gasteiger partial charge in [-0.15, -0.1) is 0 Å². The van der Waals surface area contributed by atoms with Gasteiger partial charge in [0.15, 0.2) is 0 Å². The van der Waals surface area contributed by atoms with E-state index >= 15 is 0 Å². The van der Waals surface area contributed by atoms with Crippen molar-refractivity contribution in [3.05, 3.63) is 42.7 Å². The third-order valence-electron chi connectivity index (χ3n) is 4.48. The summed E-state index contributed by atoms with van der Waals surface area (Å²) < 4.78 is 11.6. The molecular formula is C19H21N3O2. The Morgan fingerprint density at radius 3 is 2.62 bits per heavy atom. The van der Waals surface area contributed by atoms with Gasteiger partial charge in [0.05, 0.1) is 11.7 Å². The SMILES string of the molecule is CCOC1CCN(c2ncc(-c3cc4ccccc4o3)cn2)CC1. The molecule has 0 aliphatic carbocycles. The van der Waals surface area contributed by atoms with Crippen molar-refractivity contribution in [2.45, 2.75) is 25.9 Å². The second-order valence-electron chi connectivity index (χ2n) is 6.06. The second kappa shape index (κ2) is 6.61. The van der Waals surface area contributed by atoms with Crippen LogP contribution in [-0.4, -0.2) is 35.8 Å². The number of piperidine rings is 1. The average Bonchev–Trinajstić information content (AvgIpc) is 3.07. The van der Waals surface area contributed by atoms with Crippen molar-refractivity contribution in [1.29, 1.82) is 0 Å². The van der Waals surface area contributed by atoms with E-state index in [4.69, 9.17) is 9.15 Å². The van der Waals surface area contributed by atoms with Crippen LogP contribution in [0.1, 0.15) is 19.8 Å². The molecule has 0 saturated carbocycles. The minimum Gasteiger partial charge on any atom is -0.456 e. The number of hydrogen-bond acceptors (Lipinski definition) is 5. The highest BCUT2D eigenvalue weighted by Crippen LogP contribution is 2.27. The van der Waals surface area contributed by atoms with Gasteiger partial charge < -0.3 is 14.1 Å². The maximum Gasteiger partial charge on any atom is 0.225 e. The van der Waals surface area contributed by atoms with Crippen molar-refractivity contribution < 1.29 is 9.15 Å². The monoisotopic (exact) mass is 323 g/mol. The molecule has 0 atom stereocenters. The van der Waals surface area contributed by atoms with E-state index in [1.54, 1.807) is 0 Å². The maximum atomic E-state index is 5.87. The van der Waals surface area contributed by atoms with Crippen molar-refractivity contribution in [2.75, 3.05) is 24.6 Å². The summed E-state index contributed by atoms with van der Waals surface area (Å²) >= 11 is 0. The molecular weight excluding hydrogens is 302 g/mol. The molecule has 3 heterocycles. The lowest BCUT2D eigenvalue weighted by molar-refractivity contribution is 0.0457. The quantitative estimate of drug-likeness (QED) is 0.729. The largest absolute Gasteiger partial charge is 0.456 e. The minimum absolute atomic E-state index is 0.376. The molecule has 5 heteroatoms. The Hall–Kier alpha value is -2.40. The molecule has 5 nitrogen and oxygen atoms in total. The second-order valence-corrected chi connectivity index (χ2v) is 6.06. The van der Waals surface area contributed by atoms with Crippen LogP contribution in [0.25, 0.3) is 22.3 Å². The van der Waals surface area contributed by atoms with Gasteiger partial charge in [-0.3, -0.25) is 0 Å². The molecule has 1 aliphatic heterocycles. The minimum atomic E-state index is 0.376. The summed E-state index contributed by atoms with van der Waals surface area (Å²) in [5.74, 6) is 1.59. The first kappa shape index (κ1) is 15.1. The van der Waals surface area contributed by atoms with Crippen molar-refractivity contribution in [2.24, 2.45) is 0 Å². The average molecular weight is 323 g/mol. The van der Waals surface area contributed by atoms with Crippen molar-refractivity contribution >= 4 is 16.9 Å². The number of furan rings is 1. The van der Waals surface area contributed by atoms with Gasteiger partial charge in [-0.25, -0.2) is 9.97 Å². The van der Waals surface area contributed by atoms with Crippen LogP contribution in [0.2, 0.25) is 0 Å². The Labute approximate surface area is 141 Å². The summed E-state index contributed by atoms with van der Waals surface area (Å²) in [4.78, 5) is 11.3. The zero-order chi connectivity index (χ0) is 16.4. The van der Waals surface area contributed by atoms with Crippen LogP contribution >= 0.6 is 0 Å². The van der Waals surface area contributed by atoms with E-state index in [1.807, 2.05) is 49.6 Å². The van der Waals surface area contributed by atoms with Crippen LogP contribution in [-0.2, 0) is 4.74 Å². The lowest BCUT2D eigenvalue weighted by Crippen LogP contribution is -2.38. The first-order chi connectivity index (χ1) is 11.8. The highest BCUT2D eigenvalue weighted by Gasteiger charge is 2.21. The van der Waals surface area contributed by atoms with E-state index < -0.39 is 0 Å². The number of ether oxygens (including phenoxy) is 1. The number of rotatable bonds is 4. The standard InChI is InChI=1S/C19H21N3O2/c1-2-23-16-7-9-22(10-8-16)19-20-12-15(13-21-19)18-11-14-5-3-4-6-17(14)24-18/h3-6,11-13,16H,2,7-10H2,1H3. The Morgan fingerprint density at radius 1 is 1.17 bits per heavy atom. The fourth-order valence-electron chi connectivity index (χ4n) is 3.19. The molecule has 1 fully saturated rings. The molecule has 1 aromatic carbocycles. The summed E-state index contributed by atoms with van der Waals surface area (Å²) in [6.45, 7) is 4.71. The number of hydrogen-bond donors (Lipinski definition) is 0. The predicted octanol–water partition coefficient (Wildman–Crippen LogP) is 3.90. The van der Waals surface area contributed by atoms with E-state index in [0.29, 0.717) is 6.10 Å². The van der Waals surface area contributed by atoms with Crippen LogP contribution in [0.15, 0.2) is 47.1 Å². The number of benzene rings is 1. The van der Waals surface area contributed by atoms with Crippen LogP contribution in [0.4, 0.5) is 5.95 Å². The third kappa shape index (κ3) is 2.99. The molecule has 0 radical (unpaired) electrons. The van der Waals surface area contributed by atoms with Gasteiger partial charge in [0.25, 0.3) is 0 Å². The first-order valence-corrected chi connectivity index (χ1v) is 8.51. The Bertz CT molecular complexity index is 772. The summed E-state index contributed by atoms with van der Waals surface area (Å²) in [6, 6.07) is 10.0. The lowest BCUT2D eigenvalue weighted by atomic mass is 10.1. The van der Waals surface area contributed by atoms with Crippen LogP contribution in [0.5, 0.6) is 0 Å². The fraction of sp³-hybridized carbons (Fsp3) is 0.368. The topological polar surface area (TPSA) is 51.4 Å². The molecule has 3 aromatic rings. The summed E-state index contributed by atoms with van der Waals surface area (Å²) in [5, 5.41) is 1.09. The molecule has 2 aromatic heterocycles. The van der Waals surface area contributed by atoms with E-state index in [1.165, 1.54) is 0 Å². The third-order valence-corrected chi connectivity index (χ3v) is 4.48. The number of fused-ring (bicyclic) bond motifs is 1. The van der Waals surface area contributed by atoms with Crippen LogP contribution in [0, 0.1) is 0 Å². The fourth-order valence-corrected chi connectivity index (χ4v) is 3.19. The van der Waals surface area contributed by atoms with Crippen LogP contribution in [0.3, 0.4) is 0 Å². The maximum absolute atomic E-state index is 5.87. The summed E-state index contributed by atoms with van der Waals surface area (Å²) in [6.07, 6.45) is 6.12. The molecule has 24 heavy (non-hydrogen) atoms.